The Bertz CT molecular complexity index is 298. The van der Waals surface area contributed by atoms with Gasteiger partial charge in [0.2, 0.25) is 0 Å². The van der Waals surface area contributed by atoms with E-state index in [-0.39, 0.29) is 0 Å². The van der Waals surface area contributed by atoms with Crippen molar-refractivity contribution in [3.8, 4) is 0 Å². The zero-order valence-corrected chi connectivity index (χ0v) is 8.55. The molecule has 1 heterocycles. The van der Waals surface area contributed by atoms with Crippen molar-refractivity contribution in [3.63, 3.8) is 0 Å². The Hall–Kier alpha value is -1.03. The minimum atomic E-state index is -1.56. The molecule has 1 rings (SSSR count). The van der Waals surface area contributed by atoms with Crippen LogP contribution in [-0.4, -0.2) is 14.0 Å². The average Bonchev–Trinajstić information content (AvgIpc) is 2.30. The number of rotatable bonds is 2. The number of primary amides is 1. The molecule has 1 amide bonds. The van der Waals surface area contributed by atoms with Crippen LogP contribution in [0.2, 0.25) is 19.6 Å². The first-order valence-corrected chi connectivity index (χ1v) is 7.30. The highest BCUT2D eigenvalue weighted by Crippen LogP contribution is 2.07. The summed E-state index contributed by atoms with van der Waals surface area (Å²) in [5.41, 5.74) is 5.72. The van der Waals surface area contributed by atoms with E-state index in [9.17, 15) is 4.79 Å². The number of nitrogens with two attached hydrogens (primary N) is 1. The van der Waals surface area contributed by atoms with Crippen LogP contribution in [0.5, 0.6) is 0 Å². The standard InChI is InChI=1S/C8H13NO2Si/c1-12(2,3)8-6(7(9)10)4-5-11-8/h4-5H,1-3H3,(H2,9,10). The molecule has 0 atom stereocenters. The largest absolute Gasteiger partial charge is 0.474 e. The molecule has 66 valence electrons. The Morgan fingerprint density at radius 1 is 1.50 bits per heavy atom. The van der Waals surface area contributed by atoms with Gasteiger partial charge in [0.25, 0.3) is 5.91 Å². The van der Waals surface area contributed by atoms with Gasteiger partial charge in [0.1, 0.15) is 8.07 Å². The van der Waals surface area contributed by atoms with Crippen LogP contribution in [0.1, 0.15) is 10.4 Å². The van der Waals surface area contributed by atoms with Crippen molar-refractivity contribution in [2.75, 3.05) is 0 Å². The summed E-state index contributed by atoms with van der Waals surface area (Å²) >= 11 is 0. The fourth-order valence-electron chi connectivity index (χ4n) is 1.08. The molecule has 0 aliphatic carbocycles. The Kier molecular flexibility index (Phi) is 2.10. The van der Waals surface area contributed by atoms with Gasteiger partial charge in [0, 0.05) is 0 Å². The highest BCUT2D eigenvalue weighted by molar-refractivity contribution is 6.88. The Morgan fingerprint density at radius 3 is 2.42 bits per heavy atom. The molecule has 0 aromatic carbocycles. The zero-order chi connectivity index (χ0) is 9.35. The second-order valence-electron chi connectivity index (χ2n) is 3.78. The van der Waals surface area contributed by atoms with Crippen molar-refractivity contribution in [3.05, 3.63) is 17.9 Å². The van der Waals surface area contributed by atoms with Crippen molar-refractivity contribution in [1.82, 2.24) is 0 Å². The van der Waals surface area contributed by atoms with Crippen molar-refractivity contribution >= 4 is 19.4 Å². The monoisotopic (exact) mass is 183 g/mol. The molecule has 0 radical (unpaired) electrons. The summed E-state index contributed by atoms with van der Waals surface area (Å²) in [5, 5.41) is 0.787. The van der Waals surface area contributed by atoms with Gasteiger partial charge in [0.15, 0.2) is 0 Å². The summed E-state index contributed by atoms with van der Waals surface area (Å²) in [4.78, 5) is 10.9. The second kappa shape index (κ2) is 2.78. The summed E-state index contributed by atoms with van der Waals surface area (Å²) in [6, 6.07) is 1.63. The van der Waals surface area contributed by atoms with Crippen molar-refractivity contribution < 1.29 is 9.21 Å². The fraction of sp³-hybridized carbons (Fsp3) is 0.375. The third-order valence-electron chi connectivity index (χ3n) is 1.61. The number of amides is 1. The summed E-state index contributed by atoms with van der Waals surface area (Å²) in [7, 11) is -1.56. The first-order chi connectivity index (χ1) is 5.43. The molecule has 0 unspecified atom stereocenters. The minimum absolute atomic E-state index is 0.402. The lowest BCUT2D eigenvalue weighted by molar-refractivity contribution is 0.100. The van der Waals surface area contributed by atoms with E-state index in [1.165, 1.54) is 6.26 Å². The molecule has 3 nitrogen and oxygen atoms in total. The minimum Gasteiger partial charge on any atom is -0.474 e. The lowest BCUT2D eigenvalue weighted by Gasteiger charge is -2.13. The Morgan fingerprint density at radius 2 is 2.08 bits per heavy atom. The quantitative estimate of drug-likeness (QED) is 0.693. The molecule has 2 N–H and O–H groups in total. The maximum Gasteiger partial charge on any atom is 0.251 e. The number of hydrogen-bond acceptors (Lipinski definition) is 2. The molecule has 0 saturated carbocycles. The molecular weight excluding hydrogens is 170 g/mol. The predicted octanol–water partition coefficient (Wildman–Crippen LogP) is 0.924. The van der Waals surface area contributed by atoms with Gasteiger partial charge in [-0.1, -0.05) is 19.6 Å². The van der Waals surface area contributed by atoms with Gasteiger partial charge in [0.05, 0.1) is 17.2 Å². The van der Waals surface area contributed by atoms with Crippen molar-refractivity contribution in [2.45, 2.75) is 19.6 Å². The Balaban J connectivity index is 3.17. The number of furan rings is 1. The fourth-order valence-corrected chi connectivity index (χ4v) is 2.52. The lowest BCUT2D eigenvalue weighted by Crippen LogP contribution is -2.40. The predicted molar refractivity (Wildman–Crippen MR) is 50.2 cm³/mol. The van der Waals surface area contributed by atoms with Crippen molar-refractivity contribution in [1.29, 1.82) is 0 Å². The smallest absolute Gasteiger partial charge is 0.251 e. The highest BCUT2D eigenvalue weighted by Gasteiger charge is 2.25. The third kappa shape index (κ3) is 1.58. The van der Waals surface area contributed by atoms with Crippen LogP contribution in [0.3, 0.4) is 0 Å². The zero-order valence-electron chi connectivity index (χ0n) is 7.55. The van der Waals surface area contributed by atoms with Crippen LogP contribution < -0.4 is 11.1 Å². The molecule has 0 spiro atoms. The van der Waals surface area contributed by atoms with Crippen LogP contribution in [0.15, 0.2) is 16.7 Å². The highest BCUT2D eigenvalue weighted by atomic mass is 28.3. The molecule has 0 aliphatic heterocycles. The van der Waals surface area contributed by atoms with Crippen LogP contribution in [0.4, 0.5) is 0 Å². The van der Waals surface area contributed by atoms with Gasteiger partial charge in [-0.25, -0.2) is 0 Å². The van der Waals surface area contributed by atoms with E-state index in [0.717, 1.165) is 5.38 Å². The maximum absolute atomic E-state index is 10.9. The van der Waals surface area contributed by atoms with E-state index in [2.05, 4.69) is 19.6 Å². The summed E-state index contributed by atoms with van der Waals surface area (Å²) in [6.07, 6.45) is 1.52. The number of hydrogen-bond donors (Lipinski definition) is 1. The van der Waals surface area contributed by atoms with E-state index >= 15 is 0 Å². The maximum atomic E-state index is 10.9. The van der Waals surface area contributed by atoms with Crippen LogP contribution in [-0.2, 0) is 0 Å². The number of carbonyl (C=O) groups is 1. The van der Waals surface area contributed by atoms with Gasteiger partial charge < -0.3 is 10.2 Å². The Labute approximate surface area is 72.6 Å². The van der Waals surface area contributed by atoms with Gasteiger partial charge in [-0.05, 0) is 6.07 Å². The van der Waals surface area contributed by atoms with E-state index < -0.39 is 14.0 Å². The van der Waals surface area contributed by atoms with E-state index in [4.69, 9.17) is 10.2 Å². The second-order valence-corrected chi connectivity index (χ2v) is 8.73. The summed E-state index contributed by atoms with van der Waals surface area (Å²) in [6.45, 7) is 6.33. The molecule has 0 bridgehead atoms. The van der Waals surface area contributed by atoms with E-state index in [1.807, 2.05) is 0 Å². The normalized spacial score (nSPS) is 11.6. The van der Waals surface area contributed by atoms with Crippen LogP contribution in [0.25, 0.3) is 0 Å². The van der Waals surface area contributed by atoms with Crippen LogP contribution >= 0.6 is 0 Å². The molecule has 1 aromatic rings. The van der Waals surface area contributed by atoms with Gasteiger partial charge >= 0.3 is 0 Å². The summed E-state index contributed by atoms with van der Waals surface area (Å²) < 4.78 is 5.25. The average molecular weight is 183 g/mol. The molecule has 0 aliphatic rings. The lowest BCUT2D eigenvalue weighted by atomic mass is 10.3. The van der Waals surface area contributed by atoms with Gasteiger partial charge in [-0.3, -0.25) is 4.79 Å². The molecule has 0 saturated heterocycles. The van der Waals surface area contributed by atoms with E-state index in [1.54, 1.807) is 6.07 Å². The first kappa shape index (κ1) is 9.06. The SMILES string of the molecule is C[Si](C)(C)c1occc1C(N)=O. The third-order valence-corrected chi connectivity index (χ3v) is 3.36. The topological polar surface area (TPSA) is 56.2 Å². The molecule has 0 fully saturated rings. The summed E-state index contributed by atoms with van der Waals surface area (Å²) in [5.74, 6) is -0.402. The molecule has 1 aromatic heterocycles. The van der Waals surface area contributed by atoms with Gasteiger partial charge in [-0.15, -0.1) is 0 Å². The molecule has 12 heavy (non-hydrogen) atoms. The first-order valence-electron chi connectivity index (χ1n) is 3.80. The molecular formula is C8H13NO2Si. The van der Waals surface area contributed by atoms with Crippen molar-refractivity contribution in [2.24, 2.45) is 5.73 Å². The number of carbonyl (C=O) groups excluding carboxylic acids is 1. The molecule has 4 heteroatoms. The van der Waals surface area contributed by atoms with Crippen LogP contribution in [0, 0.1) is 0 Å². The van der Waals surface area contributed by atoms with Gasteiger partial charge in [-0.2, -0.15) is 0 Å². The van der Waals surface area contributed by atoms with E-state index in [0.29, 0.717) is 5.56 Å².